The Morgan fingerprint density at radius 2 is 2.22 bits per heavy atom. The highest BCUT2D eigenvalue weighted by Crippen LogP contribution is 1.64. The van der Waals surface area contributed by atoms with Crippen molar-refractivity contribution >= 4 is 24.3 Å². The van der Waals surface area contributed by atoms with Crippen LogP contribution in [-0.2, 0) is 9.63 Å². The van der Waals surface area contributed by atoms with Crippen LogP contribution in [0.1, 0.15) is 6.92 Å². The maximum atomic E-state index is 9.91. The highest BCUT2D eigenvalue weighted by molar-refractivity contribution is 5.85. The lowest BCUT2D eigenvalue weighted by atomic mass is 10.8. The van der Waals surface area contributed by atoms with Crippen molar-refractivity contribution in [1.82, 2.24) is 5.48 Å². The zero-order valence-electron chi connectivity index (χ0n) is 4.80. The number of carbonyl (C=O) groups is 1. The molecule has 0 aliphatic rings. The Kier molecular flexibility index (Phi) is 6.27. The molecule has 9 heavy (non-hydrogen) atoms. The van der Waals surface area contributed by atoms with Gasteiger partial charge >= 0.3 is 5.97 Å². The molecule has 0 bridgehead atoms. The minimum Gasteiger partial charge on any atom is -0.368 e. The number of hydrogen-bond donors (Lipinski definition) is 3. The Hall–Kier alpha value is -0.970. The first-order chi connectivity index (χ1) is 3.63. The predicted molar refractivity (Wildman–Crippen MR) is 34.1 cm³/mol. The molecule has 4 N–H and O–H groups in total. The third-order valence-electron chi connectivity index (χ3n) is 0.305. The van der Waals surface area contributed by atoms with Gasteiger partial charge < -0.3 is 10.6 Å². The fourth-order valence-electron chi connectivity index (χ4n) is 0.127. The maximum Gasteiger partial charge on any atom is 0.329 e. The van der Waals surface area contributed by atoms with Crippen LogP contribution in [0.5, 0.6) is 0 Å². The molecule has 5 nitrogen and oxygen atoms in total. The van der Waals surface area contributed by atoms with E-state index in [2.05, 4.69) is 4.84 Å². The van der Waals surface area contributed by atoms with Crippen LogP contribution in [-0.4, -0.2) is 11.9 Å². The van der Waals surface area contributed by atoms with Crippen LogP contribution in [0.25, 0.3) is 0 Å². The lowest BCUT2D eigenvalue weighted by Gasteiger charge is -1.98. The first-order valence-corrected chi connectivity index (χ1v) is 1.90. The summed E-state index contributed by atoms with van der Waals surface area (Å²) in [5.41, 5.74) is 6.59. The molecule has 0 aliphatic carbocycles. The van der Waals surface area contributed by atoms with E-state index in [0.29, 0.717) is 0 Å². The molecule has 0 unspecified atom stereocenters. The summed E-state index contributed by atoms with van der Waals surface area (Å²) in [7, 11) is 0. The summed E-state index contributed by atoms with van der Waals surface area (Å²) in [6, 6.07) is 0. The average Bonchev–Trinajstić information content (AvgIpc) is 1.61. The third-order valence-corrected chi connectivity index (χ3v) is 0.305. The summed E-state index contributed by atoms with van der Waals surface area (Å²) in [4.78, 5) is 14.0. The molecule has 0 saturated heterocycles. The van der Waals surface area contributed by atoms with E-state index in [1.54, 1.807) is 0 Å². The molecule has 54 valence electrons. The fourth-order valence-corrected chi connectivity index (χ4v) is 0.127. The number of halogens is 1. The van der Waals surface area contributed by atoms with Crippen LogP contribution in [0.15, 0.2) is 0 Å². The molecule has 0 rings (SSSR count). The van der Waals surface area contributed by atoms with Crippen LogP contribution in [0.3, 0.4) is 0 Å². The van der Waals surface area contributed by atoms with Crippen LogP contribution in [0.2, 0.25) is 0 Å². The molecular weight excluding hydrogens is 146 g/mol. The number of hydrogen-bond acceptors (Lipinski definition) is 3. The molecule has 0 saturated carbocycles. The second kappa shape index (κ2) is 5.17. The normalized spacial score (nSPS) is 6.78. The number of carbonyl (C=O) groups excluding carboxylic acids is 1. The van der Waals surface area contributed by atoms with Gasteiger partial charge in [-0.25, -0.2) is 0 Å². The van der Waals surface area contributed by atoms with Crippen molar-refractivity contribution in [1.29, 1.82) is 5.41 Å². The third kappa shape index (κ3) is 11.0. The first kappa shape index (κ1) is 10.9. The Labute approximate surface area is 58.4 Å². The summed E-state index contributed by atoms with van der Waals surface area (Å²) in [5, 5.41) is 6.48. The second-order valence-electron chi connectivity index (χ2n) is 1.11. The molecule has 0 atom stereocenters. The average molecular weight is 154 g/mol. The van der Waals surface area contributed by atoms with E-state index in [0.717, 1.165) is 0 Å². The van der Waals surface area contributed by atoms with Gasteiger partial charge in [-0.15, -0.1) is 12.4 Å². The predicted octanol–water partition coefficient (Wildman–Crippen LogP) is -0.631. The SMILES string of the molecule is CC(=O)ONC(=N)N.Cl. The fraction of sp³-hybridized carbons (Fsp3) is 0.333. The molecule has 0 amide bonds. The molecule has 6 heteroatoms. The molecule has 0 aromatic carbocycles. The summed E-state index contributed by atoms with van der Waals surface area (Å²) in [6.07, 6.45) is 0. The Bertz CT molecular complexity index is 102. The summed E-state index contributed by atoms with van der Waals surface area (Å²) in [6.45, 7) is 1.20. The largest absolute Gasteiger partial charge is 0.368 e. The summed E-state index contributed by atoms with van der Waals surface area (Å²) >= 11 is 0. The van der Waals surface area contributed by atoms with Gasteiger partial charge in [-0.3, -0.25) is 10.2 Å². The number of nitrogens with one attached hydrogen (secondary N) is 2. The lowest BCUT2D eigenvalue weighted by molar-refractivity contribution is -0.145. The molecule has 0 spiro atoms. The van der Waals surface area contributed by atoms with E-state index in [4.69, 9.17) is 11.1 Å². The highest BCUT2D eigenvalue weighted by atomic mass is 35.5. The van der Waals surface area contributed by atoms with Gasteiger partial charge in [0.05, 0.1) is 0 Å². The molecule has 0 heterocycles. The van der Waals surface area contributed by atoms with Gasteiger partial charge in [0.25, 0.3) is 0 Å². The van der Waals surface area contributed by atoms with Gasteiger partial charge in [-0.1, -0.05) is 0 Å². The number of nitrogens with two attached hydrogens (primary N) is 1. The second-order valence-corrected chi connectivity index (χ2v) is 1.11. The minimum absolute atomic E-state index is 0. The number of guanidine groups is 1. The van der Waals surface area contributed by atoms with E-state index in [1.165, 1.54) is 6.92 Å². The van der Waals surface area contributed by atoms with Gasteiger partial charge in [-0.05, 0) is 0 Å². The van der Waals surface area contributed by atoms with E-state index in [1.807, 2.05) is 5.48 Å². The van der Waals surface area contributed by atoms with Gasteiger partial charge in [-0.2, -0.15) is 5.48 Å². The van der Waals surface area contributed by atoms with Gasteiger partial charge in [0.15, 0.2) is 0 Å². The first-order valence-electron chi connectivity index (χ1n) is 1.90. The van der Waals surface area contributed by atoms with Crippen LogP contribution in [0, 0.1) is 5.41 Å². The Morgan fingerprint density at radius 3 is 2.33 bits per heavy atom. The summed E-state index contributed by atoms with van der Waals surface area (Å²) < 4.78 is 0. The Morgan fingerprint density at radius 1 is 1.78 bits per heavy atom. The van der Waals surface area contributed by atoms with E-state index in [9.17, 15) is 4.79 Å². The number of hydroxylamine groups is 1. The van der Waals surface area contributed by atoms with Gasteiger partial charge in [0.2, 0.25) is 5.96 Å². The molecule has 0 radical (unpaired) electrons. The van der Waals surface area contributed by atoms with Crippen LogP contribution in [0.4, 0.5) is 0 Å². The quantitative estimate of drug-likeness (QED) is 0.246. The maximum absolute atomic E-state index is 9.91. The van der Waals surface area contributed by atoms with Gasteiger partial charge in [0.1, 0.15) is 0 Å². The van der Waals surface area contributed by atoms with Crippen molar-refractivity contribution in [2.24, 2.45) is 5.73 Å². The smallest absolute Gasteiger partial charge is 0.329 e. The molecular formula is C3H8ClN3O2. The standard InChI is InChI=1S/C3H7N3O2.ClH/c1-2(7)8-6-3(4)5;/h1H3,(H4,4,5,6);1H. The van der Waals surface area contributed by atoms with Crippen molar-refractivity contribution in [2.75, 3.05) is 0 Å². The number of rotatable bonds is 0. The van der Waals surface area contributed by atoms with Crippen LogP contribution < -0.4 is 11.2 Å². The van der Waals surface area contributed by atoms with Crippen molar-refractivity contribution < 1.29 is 9.63 Å². The summed E-state index contributed by atoms with van der Waals surface area (Å²) in [5.74, 6) is -0.916. The molecule has 0 aromatic rings. The highest BCUT2D eigenvalue weighted by Gasteiger charge is 1.89. The van der Waals surface area contributed by atoms with E-state index in [-0.39, 0.29) is 18.4 Å². The molecule has 0 fully saturated rings. The van der Waals surface area contributed by atoms with E-state index < -0.39 is 5.97 Å². The Balaban J connectivity index is 0. The van der Waals surface area contributed by atoms with Crippen molar-refractivity contribution in [3.05, 3.63) is 0 Å². The van der Waals surface area contributed by atoms with Crippen molar-refractivity contribution in [3.8, 4) is 0 Å². The topological polar surface area (TPSA) is 88.2 Å². The lowest BCUT2D eigenvalue weighted by Crippen LogP contribution is -2.31. The zero-order valence-corrected chi connectivity index (χ0v) is 5.62. The van der Waals surface area contributed by atoms with Crippen LogP contribution >= 0.6 is 12.4 Å². The minimum atomic E-state index is -0.528. The van der Waals surface area contributed by atoms with Gasteiger partial charge in [0, 0.05) is 6.92 Å². The molecule has 0 aliphatic heterocycles. The van der Waals surface area contributed by atoms with E-state index >= 15 is 0 Å². The molecule has 0 aromatic heterocycles. The monoisotopic (exact) mass is 153 g/mol. The zero-order chi connectivity index (χ0) is 6.57. The van der Waals surface area contributed by atoms with Crippen molar-refractivity contribution in [3.63, 3.8) is 0 Å². The van der Waals surface area contributed by atoms with Crippen molar-refractivity contribution in [2.45, 2.75) is 6.92 Å².